The van der Waals surface area contributed by atoms with E-state index in [1.165, 1.54) is 0 Å². The van der Waals surface area contributed by atoms with Gasteiger partial charge in [0.1, 0.15) is 0 Å². The van der Waals surface area contributed by atoms with E-state index < -0.39 is 0 Å². The molecule has 0 N–H and O–H groups in total. The molecular weight excluding hydrogens is 302 g/mol. The molecule has 0 aromatic heterocycles. The predicted octanol–water partition coefficient (Wildman–Crippen LogP) is 3.63. The fourth-order valence-corrected chi connectivity index (χ4v) is 3.01. The molecule has 0 unspecified atom stereocenters. The Bertz CT molecular complexity index is 664. The summed E-state index contributed by atoms with van der Waals surface area (Å²) in [4.78, 5) is 14.4. The Labute approximate surface area is 143 Å². The fourth-order valence-electron chi connectivity index (χ4n) is 3.01. The summed E-state index contributed by atoms with van der Waals surface area (Å²) in [5, 5.41) is 0. The molecule has 1 aliphatic heterocycles. The van der Waals surface area contributed by atoms with Crippen molar-refractivity contribution in [2.45, 2.75) is 12.8 Å². The van der Waals surface area contributed by atoms with Gasteiger partial charge in [-0.25, -0.2) is 0 Å². The second-order valence-corrected chi connectivity index (χ2v) is 6.06. The van der Waals surface area contributed by atoms with Gasteiger partial charge in [-0.05, 0) is 43.0 Å². The Balaban J connectivity index is 1.50. The zero-order valence-corrected chi connectivity index (χ0v) is 14.0. The van der Waals surface area contributed by atoms with Gasteiger partial charge in [0.05, 0.1) is 13.7 Å². The van der Waals surface area contributed by atoms with Crippen molar-refractivity contribution >= 4 is 5.91 Å². The maximum Gasteiger partial charge on any atom is 0.253 e. The highest BCUT2D eigenvalue weighted by Gasteiger charge is 2.24. The molecule has 0 atom stereocenters. The maximum atomic E-state index is 12.4. The lowest BCUT2D eigenvalue weighted by Crippen LogP contribution is -2.39. The molecule has 4 heteroatoms. The van der Waals surface area contributed by atoms with Crippen molar-refractivity contribution in [1.82, 2.24) is 4.90 Å². The summed E-state index contributed by atoms with van der Waals surface area (Å²) in [6.07, 6.45) is 1.93. The van der Waals surface area contributed by atoms with Gasteiger partial charge in [-0.2, -0.15) is 0 Å². The normalized spacial score (nSPS) is 15.1. The number of amides is 1. The Morgan fingerprint density at radius 3 is 2.29 bits per heavy atom. The summed E-state index contributed by atoms with van der Waals surface area (Å²) in [6.45, 7) is 2.23. The lowest BCUT2D eigenvalue weighted by molar-refractivity contribution is 0.0660. The van der Waals surface area contributed by atoms with Crippen LogP contribution in [-0.2, 0) is 0 Å². The van der Waals surface area contributed by atoms with Crippen LogP contribution in [0, 0.1) is 5.92 Å². The molecule has 0 saturated carbocycles. The first-order chi connectivity index (χ1) is 11.8. The summed E-state index contributed by atoms with van der Waals surface area (Å²) in [5.41, 5.74) is 0.765. The lowest BCUT2D eigenvalue weighted by Gasteiger charge is -2.32. The number of hydrogen-bond acceptors (Lipinski definition) is 3. The van der Waals surface area contributed by atoms with E-state index in [4.69, 9.17) is 9.47 Å². The third-order valence-electron chi connectivity index (χ3n) is 4.47. The number of para-hydroxylation sites is 2. The lowest BCUT2D eigenvalue weighted by atomic mass is 9.97. The van der Waals surface area contributed by atoms with E-state index in [0.717, 1.165) is 43.0 Å². The monoisotopic (exact) mass is 325 g/mol. The molecule has 0 radical (unpaired) electrons. The van der Waals surface area contributed by atoms with Crippen molar-refractivity contribution < 1.29 is 14.3 Å². The molecule has 1 aliphatic rings. The van der Waals surface area contributed by atoms with Crippen LogP contribution >= 0.6 is 0 Å². The number of hydrogen-bond donors (Lipinski definition) is 0. The topological polar surface area (TPSA) is 38.8 Å². The van der Waals surface area contributed by atoms with Crippen LogP contribution in [0.15, 0.2) is 54.6 Å². The number of likely N-dealkylation sites (tertiary alicyclic amines) is 1. The molecule has 0 aliphatic carbocycles. The predicted molar refractivity (Wildman–Crippen MR) is 93.6 cm³/mol. The molecule has 24 heavy (non-hydrogen) atoms. The van der Waals surface area contributed by atoms with Crippen LogP contribution in [0.3, 0.4) is 0 Å². The highest BCUT2D eigenvalue weighted by atomic mass is 16.5. The molecule has 2 aromatic carbocycles. The van der Waals surface area contributed by atoms with Crippen molar-refractivity contribution in [2.24, 2.45) is 5.92 Å². The summed E-state index contributed by atoms with van der Waals surface area (Å²) in [7, 11) is 1.65. The van der Waals surface area contributed by atoms with E-state index >= 15 is 0 Å². The number of methoxy groups -OCH3 is 1. The Morgan fingerprint density at radius 1 is 1.00 bits per heavy atom. The Kier molecular flexibility index (Phi) is 5.36. The first-order valence-electron chi connectivity index (χ1n) is 8.38. The summed E-state index contributed by atoms with van der Waals surface area (Å²) in [5.74, 6) is 2.13. The van der Waals surface area contributed by atoms with Crippen molar-refractivity contribution in [3.05, 3.63) is 60.2 Å². The van der Waals surface area contributed by atoms with Crippen LogP contribution in [0.1, 0.15) is 23.2 Å². The minimum atomic E-state index is 0.125. The van der Waals surface area contributed by atoms with E-state index in [1.54, 1.807) is 7.11 Å². The van der Waals surface area contributed by atoms with Gasteiger partial charge in [0.15, 0.2) is 11.5 Å². The van der Waals surface area contributed by atoms with Gasteiger partial charge in [0, 0.05) is 18.7 Å². The van der Waals surface area contributed by atoms with Gasteiger partial charge in [0.2, 0.25) is 0 Å². The third kappa shape index (κ3) is 3.88. The molecule has 0 bridgehead atoms. The first kappa shape index (κ1) is 16.4. The summed E-state index contributed by atoms with van der Waals surface area (Å²) < 4.78 is 11.2. The fraction of sp³-hybridized carbons (Fsp3) is 0.350. The second kappa shape index (κ2) is 7.86. The van der Waals surface area contributed by atoms with Crippen LogP contribution in [0.5, 0.6) is 11.5 Å². The summed E-state index contributed by atoms with van der Waals surface area (Å²) in [6, 6.07) is 17.2. The largest absolute Gasteiger partial charge is 0.493 e. The Morgan fingerprint density at radius 2 is 1.62 bits per heavy atom. The average Bonchev–Trinajstić information content (AvgIpc) is 2.67. The van der Waals surface area contributed by atoms with Crippen molar-refractivity contribution in [1.29, 1.82) is 0 Å². The number of rotatable bonds is 5. The van der Waals surface area contributed by atoms with Crippen LogP contribution in [0.2, 0.25) is 0 Å². The number of ether oxygens (including phenoxy) is 2. The number of nitrogens with zero attached hydrogens (tertiary/aromatic N) is 1. The SMILES string of the molecule is COc1ccccc1OCC1CCN(C(=O)c2ccccc2)CC1. The van der Waals surface area contributed by atoms with Crippen molar-refractivity contribution in [3.63, 3.8) is 0 Å². The van der Waals surface area contributed by atoms with Gasteiger partial charge in [-0.15, -0.1) is 0 Å². The number of benzene rings is 2. The van der Waals surface area contributed by atoms with E-state index in [1.807, 2.05) is 59.5 Å². The zero-order valence-electron chi connectivity index (χ0n) is 14.0. The van der Waals surface area contributed by atoms with E-state index in [2.05, 4.69) is 0 Å². The van der Waals surface area contributed by atoms with Gasteiger partial charge >= 0.3 is 0 Å². The molecule has 1 fully saturated rings. The summed E-state index contributed by atoms with van der Waals surface area (Å²) >= 11 is 0. The minimum Gasteiger partial charge on any atom is -0.493 e. The third-order valence-corrected chi connectivity index (χ3v) is 4.47. The van der Waals surface area contributed by atoms with Gasteiger partial charge in [-0.1, -0.05) is 30.3 Å². The van der Waals surface area contributed by atoms with E-state index in [0.29, 0.717) is 12.5 Å². The molecule has 1 saturated heterocycles. The molecule has 4 nitrogen and oxygen atoms in total. The molecular formula is C20H23NO3. The van der Waals surface area contributed by atoms with Gasteiger partial charge in [-0.3, -0.25) is 4.79 Å². The van der Waals surface area contributed by atoms with Crippen molar-refractivity contribution in [2.75, 3.05) is 26.8 Å². The number of carbonyl (C=O) groups excluding carboxylic acids is 1. The molecule has 0 spiro atoms. The van der Waals surface area contributed by atoms with Crippen molar-refractivity contribution in [3.8, 4) is 11.5 Å². The molecule has 126 valence electrons. The molecule has 3 rings (SSSR count). The highest BCUT2D eigenvalue weighted by molar-refractivity contribution is 5.94. The number of carbonyl (C=O) groups is 1. The Hall–Kier alpha value is -2.49. The molecule has 1 heterocycles. The zero-order chi connectivity index (χ0) is 16.8. The first-order valence-corrected chi connectivity index (χ1v) is 8.38. The standard InChI is InChI=1S/C20H23NO3/c1-23-18-9-5-6-10-19(18)24-15-16-11-13-21(14-12-16)20(22)17-7-3-2-4-8-17/h2-10,16H,11-15H2,1H3. The van der Waals surface area contributed by atoms with Crippen LogP contribution in [0.25, 0.3) is 0 Å². The second-order valence-electron chi connectivity index (χ2n) is 6.06. The molecule has 2 aromatic rings. The minimum absolute atomic E-state index is 0.125. The van der Waals surface area contributed by atoms with Gasteiger partial charge < -0.3 is 14.4 Å². The quantitative estimate of drug-likeness (QED) is 0.843. The smallest absolute Gasteiger partial charge is 0.253 e. The van der Waals surface area contributed by atoms with Crippen LogP contribution < -0.4 is 9.47 Å². The number of piperidine rings is 1. The van der Waals surface area contributed by atoms with Crippen LogP contribution in [-0.4, -0.2) is 37.6 Å². The highest BCUT2D eigenvalue weighted by Crippen LogP contribution is 2.27. The average molecular weight is 325 g/mol. The van der Waals surface area contributed by atoms with Crippen LogP contribution in [0.4, 0.5) is 0 Å². The maximum absolute atomic E-state index is 12.4. The van der Waals surface area contributed by atoms with E-state index in [9.17, 15) is 4.79 Å². The van der Waals surface area contributed by atoms with E-state index in [-0.39, 0.29) is 5.91 Å². The van der Waals surface area contributed by atoms with Gasteiger partial charge in [0.25, 0.3) is 5.91 Å². The molecule has 1 amide bonds.